The number of carboxylic acid groups (broad SMARTS) is 2. The maximum Gasteiger partial charge on any atom is 0.490 e. The summed E-state index contributed by atoms with van der Waals surface area (Å²) in [5, 5.41) is 14.2. The minimum atomic E-state index is -5.08. The fourth-order valence-corrected chi connectivity index (χ4v) is 3.84. The molecule has 1 aromatic rings. The molecule has 2 aliphatic rings. The van der Waals surface area contributed by atoms with Crippen molar-refractivity contribution in [1.29, 1.82) is 0 Å². The molecule has 0 saturated carbocycles. The highest BCUT2D eigenvalue weighted by Crippen LogP contribution is 2.33. The molecule has 2 aliphatic heterocycles. The van der Waals surface area contributed by atoms with E-state index < -0.39 is 24.3 Å². The second-order valence-electron chi connectivity index (χ2n) is 8.39. The number of piperazine rings is 1. The molecule has 37 heavy (non-hydrogen) atoms. The molecule has 0 bridgehead atoms. The number of hydrogen-bond donors (Lipinski definition) is 2. The fraction of sp³-hybridized carbons (Fsp3) is 0.591. The van der Waals surface area contributed by atoms with Crippen molar-refractivity contribution in [2.24, 2.45) is 0 Å². The van der Waals surface area contributed by atoms with Crippen LogP contribution in [0.4, 0.5) is 26.3 Å². The first-order chi connectivity index (χ1) is 16.9. The molecule has 3 rings (SSSR count). The topological polar surface area (TPSA) is 115 Å². The van der Waals surface area contributed by atoms with Crippen molar-refractivity contribution in [3.8, 4) is 0 Å². The number of piperidine rings is 1. The molecule has 1 aromatic heterocycles. The third-order valence-electron chi connectivity index (χ3n) is 5.81. The van der Waals surface area contributed by atoms with Crippen molar-refractivity contribution in [2.45, 2.75) is 44.2 Å². The van der Waals surface area contributed by atoms with Gasteiger partial charge in [-0.25, -0.2) is 9.59 Å². The number of furan rings is 1. The molecule has 210 valence electrons. The van der Waals surface area contributed by atoms with E-state index in [1.165, 1.54) is 0 Å². The standard InChI is InChI=1S/C18H27N3O2.2C2HF3O2/c1-4-9-21-13-12-19(3)18(17(21)22)7-10-20(11-8-18)14-16-6-5-15(2)23-16;2*3-2(4,5)1(6)7/h4-6H,1,7-14H2,2-3H3;2*(H,6,7). The molecule has 0 atom stereocenters. The van der Waals surface area contributed by atoms with E-state index in [0.29, 0.717) is 6.54 Å². The predicted octanol–water partition coefficient (Wildman–Crippen LogP) is 3.15. The van der Waals surface area contributed by atoms with E-state index in [2.05, 4.69) is 23.4 Å². The summed E-state index contributed by atoms with van der Waals surface area (Å²) in [6, 6.07) is 4.05. The van der Waals surface area contributed by atoms with E-state index in [4.69, 9.17) is 24.2 Å². The summed E-state index contributed by atoms with van der Waals surface area (Å²) in [5.41, 5.74) is -0.323. The van der Waals surface area contributed by atoms with Crippen LogP contribution in [0.2, 0.25) is 0 Å². The van der Waals surface area contributed by atoms with Crippen LogP contribution in [0.1, 0.15) is 24.4 Å². The number of likely N-dealkylation sites (tertiary alicyclic amines) is 1. The third-order valence-corrected chi connectivity index (χ3v) is 5.81. The van der Waals surface area contributed by atoms with Crippen molar-refractivity contribution >= 4 is 17.8 Å². The maximum absolute atomic E-state index is 13.0. The lowest BCUT2D eigenvalue weighted by Crippen LogP contribution is -2.67. The van der Waals surface area contributed by atoms with Gasteiger partial charge in [0.2, 0.25) is 5.91 Å². The van der Waals surface area contributed by atoms with Gasteiger partial charge < -0.3 is 19.5 Å². The molecular weight excluding hydrogens is 516 g/mol. The van der Waals surface area contributed by atoms with Gasteiger partial charge in [-0.2, -0.15) is 26.3 Å². The Kier molecular flexibility index (Phi) is 11.2. The first kappa shape index (κ1) is 32.0. The van der Waals surface area contributed by atoms with E-state index in [1.807, 2.05) is 30.0 Å². The monoisotopic (exact) mass is 545 g/mol. The van der Waals surface area contributed by atoms with Gasteiger partial charge in [-0.15, -0.1) is 6.58 Å². The van der Waals surface area contributed by atoms with Gasteiger partial charge in [-0.05, 0) is 38.9 Å². The zero-order valence-corrected chi connectivity index (χ0v) is 20.2. The number of carbonyl (C=O) groups excluding carboxylic acids is 1. The molecule has 2 saturated heterocycles. The smallest absolute Gasteiger partial charge is 0.475 e. The number of nitrogens with zero attached hydrogens (tertiary/aromatic N) is 3. The van der Waals surface area contributed by atoms with Gasteiger partial charge in [0, 0.05) is 32.7 Å². The van der Waals surface area contributed by atoms with Crippen LogP contribution in [-0.2, 0) is 20.9 Å². The number of alkyl halides is 6. The Hall–Kier alpha value is -3.07. The molecule has 2 N–H and O–H groups in total. The summed E-state index contributed by atoms with van der Waals surface area (Å²) in [5.74, 6) is -3.27. The molecule has 1 amide bonds. The second kappa shape index (κ2) is 12.9. The average molecular weight is 545 g/mol. The minimum Gasteiger partial charge on any atom is -0.475 e. The van der Waals surface area contributed by atoms with Gasteiger partial charge in [0.25, 0.3) is 0 Å². The second-order valence-corrected chi connectivity index (χ2v) is 8.39. The van der Waals surface area contributed by atoms with Crippen molar-refractivity contribution < 1.29 is 55.4 Å². The molecule has 15 heteroatoms. The predicted molar refractivity (Wildman–Crippen MR) is 117 cm³/mol. The number of aryl methyl sites for hydroxylation is 1. The van der Waals surface area contributed by atoms with Gasteiger partial charge in [0.1, 0.15) is 17.1 Å². The van der Waals surface area contributed by atoms with Crippen LogP contribution in [-0.4, -0.2) is 100 Å². The first-order valence-electron chi connectivity index (χ1n) is 10.9. The molecule has 0 aliphatic carbocycles. The Morgan fingerprint density at radius 1 is 1.03 bits per heavy atom. The zero-order valence-electron chi connectivity index (χ0n) is 20.2. The Balaban J connectivity index is 0.000000404. The molecule has 0 aromatic carbocycles. The first-order valence-corrected chi connectivity index (χ1v) is 10.9. The Morgan fingerprint density at radius 2 is 1.51 bits per heavy atom. The summed E-state index contributed by atoms with van der Waals surface area (Å²) in [7, 11) is 2.09. The van der Waals surface area contributed by atoms with Gasteiger partial charge in [-0.3, -0.25) is 14.6 Å². The zero-order chi connectivity index (χ0) is 28.6. The van der Waals surface area contributed by atoms with Crippen LogP contribution < -0.4 is 0 Å². The number of carbonyl (C=O) groups is 3. The average Bonchev–Trinajstić information content (AvgIpc) is 3.19. The van der Waals surface area contributed by atoms with Gasteiger partial charge in [0.15, 0.2) is 0 Å². The number of hydrogen-bond acceptors (Lipinski definition) is 6. The fourth-order valence-electron chi connectivity index (χ4n) is 3.84. The Labute approximate surface area is 208 Å². The lowest BCUT2D eigenvalue weighted by atomic mass is 9.82. The van der Waals surface area contributed by atoms with Gasteiger partial charge >= 0.3 is 24.3 Å². The van der Waals surface area contributed by atoms with E-state index in [9.17, 15) is 31.1 Å². The van der Waals surface area contributed by atoms with Crippen LogP contribution in [0.25, 0.3) is 0 Å². The van der Waals surface area contributed by atoms with Crippen molar-refractivity contribution in [3.05, 3.63) is 36.3 Å². The number of likely N-dealkylation sites (N-methyl/N-ethyl adjacent to an activating group) is 1. The Morgan fingerprint density at radius 3 is 1.89 bits per heavy atom. The summed E-state index contributed by atoms with van der Waals surface area (Å²) in [6.45, 7) is 10.8. The van der Waals surface area contributed by atoms with Gasteiger partial charge in [-0.1, -0.05) is 6.08 Å². The van der Waals surface area contributed by atoms with Crippen LogP contribution >= 0.6 is 0 Å². The third kappa shape index (κ3) is 9.39. The number of aliphatic carboxylic acids is 2. The number of halogens is 6. The highest BCUT2D eigenvalue weighted by atomic mass is 19.4. The number of amides is 1. The molecule has 3 heterocycles. The van der Waals surface area contributed by atoms with Crippen LogP contribution in [0.15, 0.2) is 29.2 Å². The molecular formula is C22H29F6N3O6. The van der Waals surface area contributed by atoms with E-state index in [0.717, 1.165) is 57.1 Å². The van der Waals surface area contributed by atoms with Crippen LogP contribution in [0.3, 0.4) is 0 Å². The lowest BCUT2D eigenvalue weighted by molar-refractivity contribution is -0.193. The summed E-state index contributed by atoms with van der Waals surface area (Å²) in [6.07, 6.45) is -6.57. The quantitative estimate of drug-likeness (QED) is 0.438. The normalized spacial score (nSPS) is 18.4. The van der Waals surface area contributed by atoms with Gasteiger partial charge in [0.05, 0.1) is 6.54 Å². The largest absolute Gasteiger partial charge is 0.490 e. The van der Waals surface area contributed by atoms with Crippen molar-refractivity contribution in [2.75, 3.05) is 39.8 Å². The summed E-state index contributed by atoms with van der Waals surface area (Å²) in [4.78, 5) is 37.4. The molecule has 2 fully saturated rings. The maximum atomic E-state index is 13.0. The molecule has 9 nitrogen and oxygen atoms in total. The van der Waals surface area contributed by atoms with E-state index in [-0.39, 0.29) is 11.4 Å². The highest BCUT2D eigenvalue weighted by Gasteiger charge is 2.49. The van der Waals surface area contributed by atoms with Crippen LogP contribution in [0, 0.1) is 6.92 Å². The highest BCUT2D eigenvalue weighted by molar-refractivity contribution is 5.87. The lowest BCUT2D eigenvalue weighted by Gasteiger charge is -2.51. The summed E-state index contributed by atoms with van der Waals surface area (Å²) < 4.78 is 69.1. The SMILES string of the molecule is C=CCN1CCN(C)C2(CCN(Cc3ccc(C)o3)CC2)C1=O.O=C(O)C(F)(F)F.O=C(O)C(F)(F)F. The Bertz CT molecular complexity index is 914. The van der Waals surface area contributed by atoms with E-state index >= 15 is 0 Å². The van der Waals surface area contributed by atoms with Crippen molar-refractivity contribution in [1.82, 2.24) is 14.7 Å². The minimum absolute atomic E-state index is 0.277. The molecule has 1 spiro atoms. The number of rotatable bonds is 4. The summed E-state index contributed by atoms with van der Waals surface area (Å²) >= 11 is 0. The van der Waals surface area contributed by atoms with Crippen molar-refractivity contribution in [3.63, 3.8) is 0 Å². The van der Waals surface area contributed by atoms with E-state index in [1.54, 1.807) is 0 Å². The molecule has 0 radical (unpaired) electrons. The number of carboxylic acids is 2. The van der Waals surface area contributed by atoms with Crippen LogP contribution in [0.5, 0.6) is 0 Å². The molecule has 0 unspecified atom stereocenters.